The van der Waals surface area contributed by atoms with Crippen molar-refractivity contribution < 1.29 is 4.79 Å². The van der Waals surface area contributed by atoms with E-state index >= 15 is 0 Å². The summed E-state index contributed by atoms with van der Waals surface area (Å²) < 4.78 is 0. The summed E-state index contributed by atoms with van der Waals surface area (Å²) in [6.45, 7) is 8.56. The van der Waals surface area contributed by atoms with Crippen LogP contribution in [0.5, 0.6) is 0 Å². The number of nitrogens with one attached hydrogen (secondary N) is 1. The average molecular weight is 260 g/mol. The lowest BCUT2D eigenvalue weighted by molar-refractivity contribution is -0.123. The summed E-state index contributed by atoms with van der Waals surface area (Å²) in [6, 6.07) is 8.04. The highest BCUT2D eigenvalue weighted by atomic mass is 16.1. The molecule has 1 aliphatic rings. The van der Waals surface area contributed by atoms with Crippen LogP contribution < -0.4 is 11.1 Å². The second kappa shape index (κ2) is 4.55. The molecule has 1 amide bonds. The third kappa shape index (κ3) is 2.46. The zero-order valence-corrected chi connectivity index (χ0v) is 12.3. The molecule has 3 nitrogen and oxygen atoms in total. The molecule has 1 saturated carbocycles. The van der Waals surface area contributed by atoms with Gasteiger partial charge in [0.05, 0.1) is 0 Å². The molecule has 0 bridgehead atoms. The van der Waals surface area contributed by atoms with E-state index in [2.05, 4.69) is 26.1 Å². The van der Waals surface area contributed by atoms with Gasteiger partial charge in [-0.1, -0.05) is 39.0 Å². The third-order valence-electron chi connectivity index (χ3n) is 4.40. The number of carbonyl (C=O) groups excluding carboxylic acids is 1. The van der Waals surface area contributed by atoms with Crippen LogP contribution in [0.2, 0.25) is 0 Å². The maximum absolute atomic E-state index is 12.1. The molecule has 2 rings (SSSR count). The second-order valence-corrected chi connectivity index (χ2v) is 6.72. The number of para-hydroxylation sites is 1. The van der Waals surface area contributed by atoms with Crippen LogP contribution in [-0.4, -0.2) is 11.4 Å². The van der Waals surface area contributed by atoms with E-state index in [1.54, 1.807) is 0 Å². The maximum Gasteiger partial charge on any atom is 0.243 e. The molecular weight excluding hydrogens is 236 g/mol. The van der Waals surface area contributed by atoms with Crippen LogP contribution in [0.3, 0.4) is 0 Å². The highest BCUT2D eigenvalue weighted by Gasteiger charge is 2.52. The van der Waals surface area contributed by atoms with E-state index in [4.69, 9.17) is 5.73 Å². The zero-order valence-electron chi connectivity index (χ0n) is 12.3. The molecule has 1 fully saturated rings. The number of aryl methyl sites for hydroxylation is 1. The van der Waals surface area contributed by atoms with E-state index in [0.717, 1.165) is 24.1 Å². The SMILES string of the molecule is Cc1ccccc1NC1(C(N)=O)CC(C)(C)CC1C. The Morgan fingerprint density at radius 2 is 2.00 bits per heavy atom. The van der Waals surface area contributed by atoms with Crippen molar-refractivity contribution >= 4 is 11.6 Å². The number of benzene rings is 1. The average Bonchev–Trinajstić information content (AvgIpc) is 2.53. The summed E-state index contributed by atoms with van der Waals surface area (Å²) in [6.07, 6.45) is 1.79. The fourth-order valence-electron chi connectivity index (χ4n) is 3.52. The van der Waals surface area contributed by atoms with Gasteiger partial charge in [-0.3, -0.25) is 4.79 Å². The summed E-state index contributed by atoms with van der Waals surface area (Å²) in [5, 5.41) is 3.45. The Balaban J connectivity index is 2.37. The van der Waals surface area contributed by atoms with Crippen molar-refractivity contribution in [1.29, 1.82) is 0 Å². The number of rotatable bonds is 3. The lowest BCUT2D eigenvalue weighted by atomic mass is 9.85. The first kappa shape index (κ1) is 13.9. The van der Waals surface area contributed by atoms with Gasteiger partial charge in [0.25, 0.3) is 0 Å². The minimum absolute atomic E-state index is 0.143. The van der Waals surface area contributed by atoms with Crippen molar-refractivity contribution in [2.45, 2.75) is 46.1 Å². The van der Waals surface area contributed by atoms with Crippen molar-refractivity contribution in [1.82, 2.24) is 0 Å². The molecule has 2 atom stereocenters. The Morgan fingerprint density at radius 3 is 2.47 bits per heavy atom. The van der Waals surface area contributed by atoms with E-state index in [0.29, 0.717) is 0 Å². The quantitative estimate of drug-likeness (QED) is 0.877. The monoisotopic (exact) mass is 260 g/mol. The molecule has 3 N–H and O–H groups in total. The van der Waals surface area contributed by atoms with Crippen molar-refractivity contribution in [3.63, 3.8) is 0 Å². The molecular formula is C16H24N2O. The first-order valence-electron chi connectivity index (χ1n) is 6.91. The number of hydrogen-bond donors (Lipinski definition) is 2. The lowest BCUT2D eigenvalue weighted by Gasteiger charge is -2.34. The minimum atomic E-state index is -0.629. The van der Waals surface area contributed by atoms with Crippen LogP contribution in [0.1, 0.15) is 39.2 Å². The van der Waals surface area contributed by atoms with E-state index in [-0.39, 0.29) is 17.2 Å². The second-order valence-electron chi connectivity index (χ2n) is 6.72. The Bertz CT molecular complexity index is 495. The number of primary amides is 1. The fraction of sp³-hybridized carbons (Fsp3) is 0.562. The number of nitrogens with two attached hydrogens (primary N) is 1. The molecule has 2 unspecified atom stereocenters. The predicted octanol–water partition coefficient (Wildman–Crippen LogP) is 3.09. The van der Waals surface area contributed by atoms with Crippen LogP contribution in [0.15, 0.2) is 24.3 Å². The first-order valence-corrected chi connectivity index (χ1v) is 6.91. The highest BCUT2D eigenvalue weighted by Crippen LogP contribution is 2.49. The summed E-state index contributed by atoms with van der Waals surface area (Å²) >= 11 is 0. The van der Waals surface area contributed by atoms with E-state index in [9.17, 15) is 4.79 Å². The molecule has 0 aromatic heterocycles. The van der Waals surface area contributed by atoms with E-state index in [1.165, 1.54) is 0 Å². The molecule has 104 valence electrons. The third-order valence-corrected chi connectivity index (χ3v) is 4.40. The van der Waals surface area contributed by atoms with Gasteiger partial charge in [0.1, 0.15) is 5.54 Å². The van der Waals surface area contributed by atoms with Crippen LogP contribution >= 0.6 is 0 Å². The van der Waals surface area contributed by atoms with Gasteiger partial charge in [0, 0.05) is 5.69 Å². The Morgan fingerprint density at radius 1 is 1.37 bits per heavy atom. The highest BCUT2D eigenvalue weighted by molar-refractivity contribution is 5.89. The van der Waals surface area contributed by atoms with E-state index in [1.807, 2.05) is 31.2 Å². The summed E-state index contributed by atoms with van der Waals surface area (Å²) in [7, 11) is 0. The largest absolute Gasteiger partial charge is 0.371 e. The molecule has 1 aromatic carbocycles. The Kier molecular flexibility index (Phi) is 3.33. The van der Waals surface area contributed by atoms with Crippen molar-refractivity contribution in [2.24, 2.45) is 17.1 Å². The molecule has 0 aliphatic heterocycles. The number of hydrogen-bond acceptors (Lipinski definition) is 2. The van der Waals surface area contributed by atoms with Gasteiger partial charge in [-0.05, 0) is 42.7 Å². The minimum Gasteiger partial charge on any atom is -0.371 e. The van der Waals surface area contributed by atoms with Crippen LogP contribution in [0.25, 0.3) is 0 Å². The van der Waals surface area contributed by atoms with Crippen LogP contribution in [-0.2, 0) is 4.79 Å². The smallest absolute Gasteiger partial charge is 0.243 e. The standard InChI is InChI=1S/C16H24N2O/c1-11-7-5-6-8-13(11)18-16(14(17)19)10-15(3,4)9-12(16)2/h5-8,12,18H,9-10H2,1-4H3,(H2,17,19). The molecule has 0 radical (unpaired) electrons. The molecule has 1 aliphatic carbocycles. The van der Waals surface area contributed by atoms with Gasteiger partial charge >= 0.3 is 0 Å². The van der Waals surface area contributed by atoms with E-state index < -0.39 is 5.54 Å². The maximum atomic E-state index is 12.1. The predicted molar refractivity (Wildman–Crippen MR) is 78.9 cm³/mol. The summed E-state index contributed by atoms with van der Waals surface area (Å²) in [5.74, 6) is -0.00608. The number of carbonyl (C=O) groups is 1. The van der Waals surface area contributed by atoms with Crippen LogP contribution in [0.4, 0.5) is 5.69 Å². The lowest BCUT2D eigenvalue weighted by Crippen LogP contribution is -2.53. The zero-order chi connectivity index (χ0) is 14.3. The van der Waals surface area contributed by atoms with Crippen LogP contribution in [0, 0.1) is 18.3 Å². The van der Waals surface area contributed by atoms with Gasteiger partial charge in [-0.15, -0.1) is 0 Å². The molecule has 1 aromatic rings. The first-order chi connectivity index (χ1) is 8.77. The van der Waals surface area contributed by atoms with Gasteiger partial charge in [0.15, 0.2) is 0 Å². The van der Waals surface area contributed by atoms with Crippen molar-refractivity contribution in [3.05, 3.63) is 29.8 Å². The molecule has 19 heavy (non-hydrogen) atoms. The summed E-state index contributed by atoms with van der Waals surface area (Å²) in [5.41, 5.74) is 7.40. The molecule has 3 heteroatoms. The van der Waals surface area contributed by atoms with Gasteiger partial charge in [-0.2, -0.15) is 0 Å². The molecule has 0 heterocycles. The van der Waals surface area contributed by atoms with Gasteiger partial charge in [-0.25, -0.2) is 0 Å². The Hall–Kier alpha value is -1.51. The normalized spacial score (nSPS) is 29.2. The summed E-state index contributed by atoms with van der Waals surface area (Å²) in [4.78, 5) is 12.1. The van der Waals surface area contributed by atoms with Crippen molar-refractivity contribution in [2.75, 3.05) is 5.32 Å². The number of amides is 1. The molecule has 0 spiro atoms. The van der Waals surface area contributed by atoms with Gasteiger partial charge < -0.3 is 11.1 Å². The Labute approximate surface area is 115 Å². The fourth-order valence-corrected chi connectivity index (χ4v) is 3.52. The molecule has 0 saturated heterocycles. The topological polar surface area (TPSA) is 55.1 Å². The van der Waals surface area contributed by atoms with Crippen molar-refractivity contribution in [3.8, 4) is 0 Å². The number of anilines is 1. The van der Waals surface area contributed by atoms with Gasteiger partial charge in [0.2, 0.25) is 5.91 Å².